The van der Waals surface area contributed by atoms with Gasteiger partial charge in [-0.15, -0.1) is 0 Å². The van der Waals surface area contributed by atoms with Crippen LogP contribution in [-0.2, 0) is 21.7 Å². The van der Waals surface area contributed by atoms with Crippen LogP contribution in [0.3, 0.4) is 0 Å². The first-order valence-corrected chi connectivity index (χ1v) is 18.3. The number of rotatable bonds is 2. The summed E-state index contributed by atoms with van der Waals surface area (Å²) < 4.78 is 14.3. The fraction of sp³-hybridized carbons (Fsp3) is 0.348. The van der Waals surface area contributed by atoms with Crippen LogP contribution in [0.5, 0.6) is 23.0 Å². The molecule has 0 aromatic heterocycles. The van der Waals surface area contributed by atoms with E-state index in [0.29, 0.717) is 0 Å². The minimum atomic E-state index is -0.0131. The molecule has 0 atom stereocenters. The fourth-order valence-corrected chi connectivity index (χ4v) is 9.71. The standard InChI is InChI=1S/C46H47BO2/c1-43(2)22-24-45(5,6)38-30(43)26-32-41(36(38)28-16-11-9-12-17-28)48-34-20-15-21-35-40(34)47(32)33-27-31-39(46(7,8)25-23-44(31,3)4)37(42(33)49-35)29-18-13-10-14-19-29/h9-21,26-27H,22-25H2,1-8H3. The molecule has 0 N–H and O–H groups in total. The van der Waals surface area contributed by atoms with Crippen molar-refractivity contribution < 1.29 is 9.47 Å². The number of ether oxygens (including phenoxy) is 2. The van der Waals surface area contributed by atoms with E-state index in [1.54, 1.807) is 0 Å². The molecule has 2 aliphatic heterocycles. The molecule has 0 unspecified atom stereocenters. The van der Waals surface area contributed by atoms with E-state index in [9.17, 15) is 0 Å². The van der Waals surface area contributed by atoms with Gasteiger partial charge in [-0.2, -0.15) is 0 Å². The summed E-state index contributed by atoms with van der Waals surface area (Å²) in [6.45, 7) is 19.5. The van der Waals surface area contributed by atoms with E-state index in [4.69, 9.17) is 9.47 Å². The van der Waals surface area contributed by atoms with Gasteiger partial charge in [0.15, 0.2) is 0 Å². The van der Waals surface area contributed by atoms with Crippen molar-refractivity contribution in [1.29, 1.82) is 0 Å². The molecule has 0 bridgehead atoms. The fourth-order valence-electron chi connectivity index (χ4n) is 9.71. The summed E-state index contributed by atoms with van der Waals surface area (Å²) in [7, 11) is 0. The molecule has 49 heavy (non-hydrogen) atoms. The summed E-state index contributed by atoms with van der Waals surface area (Å²) in [6.07, 6.45) is 4.60. The Bertz CT molecular complexity index is 2020. The summed E-state index contributed by atoms with van der Waals surface area (Å²) in [6, 6.07) is 33.5. The zero-order valence-electron chi connectivity index (χ0n) is 30.4. The average molecular weight is 643 g/mol. The number of hydrogen-bond donors (Lipinski definition) is 0. The molecule has 0 radical (unpaired) electrons. The zero-order chi connectivity index (χ0) is 34.1. The molecule has 2 nitrogen and oxygen atoms in total. The van der Waals surface area contributed by atoms with Crippen molar-refractivity contribution in [3.63, 3.8) is 0 Å². The van der Waals surface area contributed by atoms with Gasteiger partial charge < -0.3 is 9.47 Å². The van der Waals surface area contributed by atoms with Gasteiger partial charge in [0.25, 0.3) is 6.71 Å². The van der Waals surface area contributed by atoms with Crippen molar-refractivity contribution >= 4 is 23.1 Å². The van der Waals surface area contributed by atoms with Crippen LogP contribution in [0, 0.1) is 0 Å². The van der Waals surface area contributed by atoms with Gasteiger partial charge in [-0.3, -0.25) is 0 Å². The summed E-state index contributed by atoms with van der Waals surface area (Å²) in [5.74, 6) is 3.84. The minimum Gasteiger partial charge on any atom is -0.458 e. The van der Waals surface area contributed by atoms with Gasteiger partial charge >= 0.3 is 0 Å². The molecule has 5 aromatic rings. The van der Waals surface area contributed by atoms with Gasteiger partial charge in [0, 0.05) is 16.6 Å². The summed E-state index contributed by atoms with van der Waals surface area (Å²) >= 11 is 0. The van der Waals surface area contributed by atoms with Crippen LogP contribution in [0.4, 0.5) is 0 Å². The van der Waals surface area contributed by atoms with Crippen LogP contribution < -0.4 is 25.9 Å². The van der Waals surface area contributed by atoms with Crippen molar-refractivity contribution in [3.05, 3.63) is 113 Å². The van der Waals surface area contributed by atoms with Gasteiger partial charge in [0.1, 0.15) is 23.0 Å². The predicted molar refractivity (Wildman–Crippen MR) is 206 cm³/mol. The second-order valence-electron chi connectivity index (χ2n) is 17.8. The summed E-state index contributed by atoms with van der Waals surface area (Å²) in [5, 5.41) is 0. The zero-order valence-corrected chi connectivity index (χ0v) is 30.4. The maximum absolute atomic E-state index is 7.17. The topological polar surface area (TPSA) is 18.5 Å². The molecular formula is C46H47BO2. The smallest absolute Gasteiger partial charge is 0.260 e. The highest BCUT2D eigenvalue weighted by atomic mass is 16.5. The first-order chi connectivity index (χ1) is 23.3. The van der Waals surface area contributed by atoms with E-state index < -0.39 is 0 Å². The second kappa shape index (κ2) is 10.2. The average Bonchev–Trinajstić information content (AvgIpc) is 3.08. The van der Waals surface area contributed by atoms with E-state index in [1.165, 1.54) is 55.4 Å². The third-order valence-electron chi connectivity index (χ3n) is 12.7. The lowest BCUT2D eigenvalue weighted by Gasteiger charge is -2.46. The van der Waals surface area contributed by atoms with Gasteiger partial charge in [-0.25, -0.2) is 0 Å². The molecule has 4 aliphatic rings. The van der Waals surface area contributed by atoms with Crippen molar-refractivity contribution in [3.8, 4) is 45.3 Å². The van der Waals surface area contributed by atoms with E-state index >= 15 is 0 Å². The third-order valence-corrected chi connectivity index (χ3v) is 12.7. The minimum absolute atomic E-state index is 0.0131. The first kappa shape index (κ1) is 30.8. The SMILES string of the molecule is CC1(C)CCC(C)(C)c2c1cc1c(c2-c2ccccc2)Oc2cccc3c2B1c1cc2c(c(-c4ccccc4)c1O3)C(C)(C)CCC2(C)C. The van der Waals surface area contributed by atoms with Gasteiger partial charge in [-0.05, 0) is 104 Å². The van der Waals surface area contributed by atoms with Crippen molar-refractivity contribution in [2.75, 3.05) is 0 Å². The van der Waals surface area contributed by atoms with Crippen LogP contribution in [0.2, 0.25) is 0 Å². The second-order valence-corrected chi connectivity index (χ2v) is 17.8. The van der Waals surface area contributed by atoms with E-state index in [0.717, 1.165) is 54.1 Å². The summed E-state index contributed by atoms with van der Waals surface area (Å²) in [4.78, 5) is 0. The number of fused-ring (bicyclic) bond motifs is 6. The van der Waals surface area contributed by atoms with Crippen molar-refractivity contribution in [1.82, 2.24) is 0 Å². The molecule has 0 saturated carbocycles. The Labute approximate surface area is 293 Å². The largest absolute Gasteiger partial charge is 0.458 e. The van der Waals surface area contributed by atoms with Gasteiger partial charge in [0.2, 0.25) is 0 Å². The molecule has 9 rings (SSSR count). The van der Waals surface area contributed by atoms with Crippen LogP contribution in [0.25, 0.3) is 22.3 Å². The van der Waals surface area contributed by atoms with Crippen LogP contribution in [0.15, 0.2) is 91.0 Å². The quantitative estimate of drug-likeness (QED) is 0.175. The summed E-state index contributed by atoms with van der Waals surface area (Å²) in [5.41, 5.74) is 14.6. The Morgan fingerprint density at radius 3 is 1.27 bits per heavy atom. The van der Waals surface area contributed by atoms with Gasteiger partial charge in [-0.1, -0.05) is 134 Å². The first-order valence-electron chi connectivity index (χ1n) is 18.3. The molecule has 5 aromatic carbocycles. The highest BCUT2D eigenvalue weighted by Gasteiger charge is 2.49. The lowest BCUT2D eigenvalue weighted by molar-refractivity contribution is 0.331. The number of hydrogen-bond acceptors (Lipinski definition) is 2. The molecular weight excluding hydrogens is 595 g/mol. The van der Waals surface area contributed by atoms with E-state index in [2.05, 4.69) is 146 Å². The molecule has 2 heterocycles. The maximum Gasteiger partial charge on any atom is 0.260 e. The number of benzene rings is 5. The van der Waals surface area contributed by atoms with Gasteiger partial charge in [0.05, 0.1) is 0 Å². The Hall–Kier alpha value is -4.24. The molecule has 0 saturated heterocycles. The van der Waals surface area contributed by atoms with Crippen molar-refractivity contribution in [2.24, 2.45) is 0 Å². The Kier molecular flexibility index (Phi) is 6.38. The lowest BCUT2D eigenvalue weighted by Crippen LogP contribution is -2.58. The van der Waals surface area contributed by atoms with Crippen molar-refractivity contribution in [2.45, 2.75) is 103 Å². The molecule has 0 amide bonds. The Balaban J connectivity index is 1.44. The van der Waals surface area contributed by atoms with E-state index in [-0.39, 0.29) is 28.4 Å². The molecule has 2 aliphatic carbocycles. The van der Waals surface area contributed by atoms with Crippen LogP contribution >= 0.6 is 0 Å². The highest BCUT2D eigenvalue weighted by molar-refractivity contribution is 6.98. The van der Waals surface area contributed by atoms with E-state index in [1.807, 2.05) is 0 Å². The predicted octanol–water partition coefficient (Wildman–Crippen LogP) is 10.4. The maximum atomic E-state index is 7.17. The normalized spacial score (nSPS) is 19.6. The monoisotopic (exact) mass is 642 g/mol. The highest BCUT2D eigenvalue weighted by Crippen LogP contribution is 2.55. The molecule has 0 fully saturated rings. The lowest BCUT2D eigenvalue weighted by atomic mass is 9.33. The Morgan fingerprint density at radius 2 is 0.857 bits per heavy atom. The molecule has 0 spiro atoms. The van der Waals surface area contributed by atoms with Crippen LogP contribution in [-0.4, -0.2) is 6.71 Å². The third kappa shape index (κ3) is 4.40. The molecule has 3 heteroatoms. The molecule has 246 valence electrons. The van der Waals surface area contributed by atoms with Crippen LogP contribution in [0.1, 0.15) is 103 Å². The Morgan fingerprint density at radius 1 is 0.469 bits per heavy atom.